The molecule has 6 heteroatoms. The molecule has 1 saturated heterocycles. The van der Waals surface area contributed by atoms with E-state index >= 15 is 0 Å². The predicted molar refractivity (Wildman–Crippen MR) is 107 cm³/mol. The van der Waals surface area contributed by atoms with Gasteiger partial charge in [0, 0.05) is 0 Å². The van der Waals surface area contributed by atoms with E-state index in [0.717, 1.165) is 40.3 Å². The van der Waals surface area contributed by atoms with Crippen LogP contribution in [0.3, 0.4) is 0 Å². The summed E-state index contributed by atoms with van der Waals surface area (Å²) in [4.78, 5) is 3.65. The second-order valence-electron chi connectivity index (χ2n) is 6.85. The van der Waals surface area contributed by atoms with Crippen molar-refractivity contribution in [3.63, 3.8) is 0 Å². The first-order valence-electron chi connectivity index (χ1n) is 9.54. The number of hydrogen-bond acceptors (Lipinski definition) is 3. The number of furan rings is 1. The van der Waals surface area contributed by atoms with Gasteiger partial charge < -0.3 is 6.57 Å². The fraction of sp³-hybridized carbons (Fsp3) is 0.217. The van der Waals surface area contributed by atoms with Crippen LogP contribution in [0, 0.1) is 6.57 Å². The molecule has 1 aliphatic rings. The van der Waals surface area contributed by atoms with Crippen LogP contribution in [0.2, 0.25) is 0 Å². The fourth-order valence-corrected chi connectivity index (χ4v) is 6.16. The molecule has 5 nitrogen and oxygen atoms in total. The summed E-state index contributed by atoms with van der Waals surface area (Å²) in [6.07, 6.45) is 1.17. The molecule has 2 aromatic carbocycles. The molecule has 146 valence electrons. The summed E-state index contributed by atoms with van der Waals surface area (Å²) in [5, 5.41) is 5.93. The summed E-state index contributed by atoms with van der Waals surface area (Å²) in [6, 6.07) is 19.9. The van der Waals surface area contributed by atoms with E-state index in [1.165, 1.54) is 10.8 Å². The molecule has 0 saturated carbocycles. The molecule has 1 atom stereocenters. The van der Waals surface area contributed by atoms with Crippen LogP contribution >= 0.6 is 0 Å². The third-order valence-electron chi connectivity index (χ3n) is 4.97. The van der Waals surface area contributed by atoms with Crippen molar-refractivity contribution in [3.05, 3.63) is 83.4 Å². The van der Waals surface area contributed by atoms with Crippen LogP contribution in [0.1, 0.15) is 21.9 Å². The van der Waals surface area contributed by atoms with E-state index in [1.807, 2.05) is 53.2 Å². The standard InChI is InChI=1S/C23H19IN3O2/c1-25-18-9-4-2-7-16(18)15-27-19-10-5-3-8-17(19)22(26-27)20-11-12-21(29-20)23-24-13-6-14-28-23/h2-5,7-12,23H,6,13-15H2/q-1. The van der Waals surface area contributed by atoms with Gasteiger partial charge >= 0.3 is 173 Å². The third kappa shape index (κ3) is 3.56. The average molecular weight is 496 g/mol. The molecule has 1 unspecified atom stereocenters. The molecule has 3 heterocycles. The second-order valence-corrected chi connectivity index (χ2v) is 9.94. The van der Waals surface area contributed by atoms with Crippen molar-refractivity contribution in [3.8, 4) is 11.5 Å². The molecule has 5 rings (SSSR count). The molecule has 0 aliphatic carbocycles. The van der Waals surface area contributed by atoms with Gasteiger partial charge in [-0.05, 0) is 0 Å². The van der Waals surface area contributed by atoms with Crippen molar-refractivity contribution in [1.29, 1.82) is 0 Å². The number of hydrogen-bond donors (Lipinski definition) is 0. The van der Waals surface area contributed by atoms with E-state index in [4.69, 9.17) is 20.8 Å². The number of para-hydroxylation sites is 2. The molecule has 4 aromatic rings. The van der Waals surface area contributed by atoms with Gasteiger partial charge in [-0.15, -0.1) is 0 Å². The maximum atomic E-state index is 7.42. The molecule has 29 heavy (non-hydrogen) atoms. The molecule has 2 aromatic heterocycles. The topological polar surface area (TPSA) is 44.5 Å². The van der Waals surface area contributed by atoms with Crippen molar-refractivity contribution < 1.29 is 30.4 Å². The van der Waals surface area contributed by atoms with Gasteiger partial charge in [-0.25, -0.2) is 0 Å². The Hall–Kier alpha value is -2.63. The first-order chi connectivity index (χ1) is 14.3. The second kappa shape index (κ2) is 8.01. The van der Waals surface area contributed by atoms with Gasteiger partial charge in [0.05, 0.1) is 0 Å². The van der Waals surface area contributed by atoms with Gasteiger partial charge in [0.25, 0.3) is 0 Å². The Morgan fingerprint density at radius 3 is 2.83 bits per heavy atom. The van der Waals surface area contributed by atoms with Gasteiger partial charge in [0.2, 0.25) is 0 Å². The number of nitrogens with zero attached hydrogens (tertiary/aromatic N) is 3. The van der Waals surface area contributed by atoms with E-state index < -0.39 is 0 Å². The number of halogens is 1. The molecule has 0 amide bonds. The summed E-state index contributed by atoms with van der Waals surface area (Å²) in [5.41, 5.74) is 3.48. The quantitative estimate of drug-likeness (QED) is 0.248. The Bertz CT molecular complexity index is 1200. The normalized spacial score (nSPS) is 17.0. The minimum absolute atomic E-state index is 0.0263. The first kappa shape index (κ1) is 18.4. The van der Waals surface area contributed by atoms with Gasteiger partial charge in [0.15, 0.2) is 0 Å². The number of alkyl halides is 2. The van der Waals surface area contributed by atoms with E-state index in [-0.39, 0.29) is 25.3 Å². The molecule has 1 fully saturated rings. The molecule has 0 spiro atoms. The Balaban J connectivity index is 1.54. The Morgan fingerprint density at radius 1 is 1.10 bits per heavy atom. The monoisotopic (exact) mass is 496 g/mol. The summed E-state index contributed by atoms with van der Waals surface area (Å²) < 4.78 is 15.5. The zero-order valence-electron chi connectivity index (χ0n) is 15.7. The van der Waals surface area contributed by atoms with Crippen LogP contribution in [-0.2, 0) is 11.3 Å². The zero-order chi connectivity index (χ0) is 19.6. The van der Waals surface area contributed by atoms with Crippen molar-refractivity contribution in [1.82, 2.24) is 9.78 Å². The Labute approximate surface area is 179 Å². The summed E-state index contributed by atoms with van der Waals surface area (Å²) in [5.74, 6) is 1.69. The van der Waals surface area contributed by atoms with Gasteiger partial charge in [-0.2, -0.15) is 0 Å². The van der Waals surface area contributed by atoms with Crippen LogP contribution in [0.25, 0.3) is 27.2 Å². The van der Waals surface area contributed by atoms with E-state index in [0.29, 0.717) is 12.2 Å². The van der Waals surface area contributed by atoms with Crippen LogP contribution in [0.4, 0.5) is 5.69 Å². The number of ether oxygens (including phenoxy) is 1. The molecule has 0 N–H and O–H groups in total. The number of rotatable bonds is 4. The van der Waals surface area contributed by atoms with Gasteiger partial charge in [-0.3, -0.25) is 0 Å². The first-order valence-corrected chi connectivity index (χ1v) is 12.3. The number of fused-ring (bicyclic) bond motifs is 1. The van der Waals surface area contributed by atoms with Crippen molar-refractivity contribution >= 4 is 16.6 Å². The number of aromatic nitrogens is 2. The summed E-state index contributed by atoms with van der Waals surface area (Å²) in [7, 11) is 0. The Kier molecular flexibility index (Phi) is 5.08. The van der Waals surface area contributed by atoms with E-state index in [9.17, 15) is 0 Å². The van der Waals surface area contributed by atoms with Crippen LogP contribution in [0.5, 0.6) is 0 Å². The van der Waals surface area contributed by atoms with Crippen LogP contribution < -0.4 is 21.2 Å². The SMILES string of the molecule is [C-]#[N+]c1ccccc1Cn1nc(-c2ccc(C3OCCC[I-]3)o2)c2ccccc21. The van der Waals surface area contributed by atoms with E-state index in [2.05, 4.69) is 17.0 Å². The van der Waals surface area contributed by atoms with Crippen molar-refractivity contribution in [2.24, 2.45) is 0 Å². The minimum atomic E-state index is -0.0263. The summed E-state index contributed by atoms with van der Waals surface area (Å²) in [6.45, 7) is 8.79. The molecular weight excluding hydrogens is 477 g/mol. The van der Waals surface area contributed by atoms with Crippen LogP contribution in [-0.4, -0.2) is 20.8 Å². The molecular formula is C23H19IN3O2-. The zero-order valence-corrected chi connectivity index (χ0v) is 17.9. The Morgan fingerprint density at radius 2 is 1.97 bits per heavy atom. The average Bonchev–Trinajstić information content (AvgIpc) is 3.40. The van der Waals surface area contributed by atoms with Gasteiger partial charge in [0.1, 0.15) is 0 Å². The third-order valence-corrected chi connectivity index (χ3v) is 8.12. The maximum absolute atomic E-state index is 7.42. The fourth-order valence-electron chi connectivity index (χ4n) is 3.57. The predicted octanol–water partition coefficient (Wildman–Crippen LogP) is 2.40. The summed E-state index contributed by atoms with van der Waals surface area (Å²) >= 11 is -0.0263. The van der Waals surface area contributed by atoms with Crippen LogP contribution in [0.15, 0.2) is 65.1 Å². The van der Waals surface area contributed by atoms with E-state index in [1.54, 1.807) is 0 Å². The molecule has 1 aliphatic heterocycles. The number of benzene rings is 2. The van der Waals surface area contributed by atoms with Crippen molar-refractivity contribution in [2.75, 3.05) is 11.0 Å². The van der Waals surface area contributed by atoms with Crippen molar-refractivity contribution in [2.45, 2.75) is 17.1 Å². The molecule has 0 radical (unpaired) electrons. The molecule has 0 bridgehead atoms. The van der Waals surface area contributed by atoms with Gasteiger partial charge in [-0.1, -0.05) is 0 Å².